The lowest BCUT2D eigenvalue weighted by atomic mass is 9.84. The van der Waals surface area contributed by atoms with Crippen LogP contribution in [0.5, 0.6) is 0 Å². The van der Waals surface area contributed by atoms with E-state index in [1.807, 2.05) is 62.4 Å². The van der Waals surface area contributed by atoms with Gasteiger partial charge >= 0.3 is 5.97 Å². The highest BCUT2D eigenvalue weighted by atomic mass is 19.1. The van der Waals surface area contributed by atoms with Gasteiger partial charge in [0, 0.05) is 5.56 Å². The van der Waals surface area contributed by atoms with Crippen LogP contribution in [0.3, 0.4) is 0 Å². The third-order valence-electron chi connectivity index (χ3n) is 5.26. The Balaban J connectivity index is 1.99. The van der Waals surface area contributed by atoms with Crippen LogP contribution in [-0.2, 0) is 0 Å². The van der Waals surface area contributed by atoms with Gasteiger partial charge in [0.2, 0.25) is 0 Å². The van der Waals surface area contributed by atoms with Crippen molar-refractivity contribution in [1.82, 2.24) is 0 Å². The maximum Gasteiger partial charge on any atom is 0.335 e. The largest absolute Gasteiger partial charge is 0.478 e. The summed E-state index contributed by atoms with van der Waals surface area (Å²) >= 11 is 0. The van der Waals surface area contributed by atoms with E-state index in [-0.39, 0.29) is 17.3 Å². The molecule has 3 nitrogen and oxygen atoms in total. The second kappa shape index (κ2) is 9.98. The predicted molar refractivity (Wildman–Crippen MR) is 121 cm³/mol. The van der Waals surface area contributed by atoms with Crippen LogP contribution in [0.1, 0.15) is 69.5 Å². The molecule has 0 heterocycles. The van der Waals surface area contributed by atoms with Crippen molar-refractivity contribution in [3.05, 3.63) is 113 Å². The average Bonchev–Trinajstić information content (AvgIpc) is 2.77. The molecular formula is C27H25FO3. The van der Waals surface area contributed by atoms with E-state index in [0.29, 0.717) is 17.5 Å². The summed E-state index contributed by atoms with van der Waals surface area (Å²) < 4.78 is 13.3. The van der Waals surface area contributed by atoms with E-state index >= 15 is 0 Å². The molecule has 0 saturated heterocycles. The molecule has 0 aliphatic rings. The topological polar surface area (TPSA) is 54.4 Å². The van der Waals surface area contributed by atoms with Crippen LogP contribution in [0.25, 0.3) is 6.08 Å². The quantitative estimate of drug-likeness (QED) is 0.415. The molecule has 31 heavy (non-hydrogen) atoms. The molecule has 1 N–H and O–H groups in total. The highest BCUT2D eigenvalue weighted by Crippen LogP contribution is 2.30. The SMILES string of the molecule is CC(C)c1cc(C(C/C=C/c2ccccc2)C(=O)c2ccc(F)cc2)ccc1C(=O)O. The first kappa shape index (κ1) is 22.2. The Morgan fingerprint density at radius 2 is 1.65 bits per heavy atom. The summed E-state index contributed by atoms with van der Waals surface area (Å²) in [6, 6.07) is 20.4. The number of ketones is 1. The van der Waals surface area contributed by atoms with Crippen molar-refractivity contribution in [3.8, 4) is 0 Å². The van der Waals surface area contributed by atoms with Crippen LogP contribution >= 0.6 is 0 Å². The second-order valence-corrected chi connectivity index (χ2v) is 7.78. The molecule has 0 fully saturated rings. The van der Waals surface area contributed by atoms with Gasteiger partial charge in [0.1, 0.15) is 5.82 Å². The van der Waals surface area contributed by atoms with Crippen molar-refractivity contribution in [1.29, 1.82) is 0 Å². The second-order valence-electron chi connectivity index (χ2n) is 7.78. The summed E-state index contributed by atoms with van der Waals surface area (Å²) in [6.07, 6.45) is 4.34. The lowest BCUT2D eigenvalue weighted by molar-refractivity contribution is 0.0695. The molecule has 1 unspecified atom stereocenters. The fourth-order valence-corrected chi connectivity index (χ4v) is 3.58. The van der Waals surface area contributed by atoms with Crippen molar-refractivity contribution >= 4 is 17.8 Å². The van der Waals surface area contributed by atoms with Gasteiger partial charge in [-0.2, -0.15) is 0 Å². The molecule has 0 saturated carbocycles. The zero-order valence-corrected chi connectivity index (χ0v) is 17.6. The first-order valence-corrected chi connectivity index (χ1v) is 10.3. The molecule has 0 aromatic heterocycles. The summed E-state index contributed by atoms with van der Waals surface area (Å²) in [5.41, 5.74) is 3.13. The maximum atomic E-state index is 13.3. The van der Waals surface area contributed by atoms with Crippen molar-refractivity contribution in [3.63, 3.8) is 0 Å². The van der Waals surface area contributed by atoms with E-state index in [9.17, 15) is 19.1 Å². The Morgan fingerprint density at radius 3 is 2.26 bits per heavy atom. The van der Waals surface area contributed by atoms with E-state index in [4.69, 9.17) is 0 Å². The van der Waals surface area contributed by atoms with Gasteiger partial charge in [-0.3, -0.25) is 4.79 Å². The van der Waals surface area contributed by atoms with Gasteiger partial charge in [0.15, 0.2) is 5.78 Å². The van der Waals surface area contributed by atoms with E-state index in [1.165, 1.54) is 24.3 Å². The number of hydrogen-bond acceptors (Lipinski definition) is 2. The summed E-state index contributed by atoms with van der Waals surface area (Å²) in [7, 11) is 0. The molecule has 0 radical (unpaired) electrons. The van der Waals surface area contributed by atoms with E-state index in [1.54, 1.807) is 12.1 Å². The van der Waals surface area contributed by atoms with Crippen LogP contribution in [0.2, 0.25) is 0 Å². The number of aromatic carboxylic acids is 1. The molecule has 0 amide bonds. The summed E-state index contributed by atoms with van der Waals surface area (Å²) in [6.45, 7) is 3.86. The lowest BCUT2D eigenvalue weighted by Gasteiger charge is -2.18. The van der Waals surface area contributed by atoms with Crippen molar-refractivity contribution in [2.75, 3.05) is 0 Å². The van der Waals surface area contributed by atoms with Crippen LogP contribution < -0.4 is 0 Å². The number of rotatable bonds is 8. The van der Waals surface area contributed by atoms with Gasteiger partial charge in [0.25, 0.3) is 0 Å². The minimum atomic E-state index is -0.986. The molecule has 3 aromatic rings. The number of benzene rings is 3. The van der Waals surface area contributed by atoms with E-state index < -0.39 is 17.7 Å². The Labute approximate surface area is 181 Å². The number of carbonyl (C=O) groups is 2. The van der Waals surface area contributed by atoms with Gasteiger partial charge in [-0.25, -0.2) is 9.18 Å². The zero-order chi connectivity index (χ0) is 22.4. The number of carbonyl (C=O) groups excluding carboxylic acids is 1. The highest BCUT2D eigenvalue weighted by molar-refractivity contribution is 6.01. The number of carboxylic acid groups (broad SMARTS) is 1. The Hall–Kier alpha value is -3.53. The standard InChI is InChI=1S/C27H25FO3/c1-18(2)25-17-21(13-16-24(25)27(30)31)23(10-6-9-19-7-4-3-5-8-19)26(29)20-11-14-22(28)15-12-20/h3-9,11-18,23H,10H2,1-2H3,(H,30,31)/b9-6+. The maximum absolute atomic E-state index is 13.3. The molecule has 158 valence electrons. The number of carboxylic acids is 1. The minimum Gasteiger partial charge on any atom is -0.478 e. The van der Waals surface area contributed by atoms with Gasteiger partial charge in [0.05, 0.1) is 11.5 Å². The predicted octanol–water partition coefficient (Wildman–Crippen LogP) is 6.72. The van der Waals surface area contributed by atoms with Crippen LogP contribution in [0.15, 0.2) is 78.9 Å². The normalized spacial score (nSPS) is 12.3. The molecule has 0 spiro atoms. The molecule has 0 aliphatic carbocycles. The number of Topliss-reactive ketones (excluding diaryl/α,β-unsaturated/α-hetero) is 1. The molecule has 1 atom stereocenters. The van der Waals surface area contributed by atoms with Crippen LogP contribution in [0, 0.1) is 5.82 Å². The van der Waals surface area contributed by atoms with Gasteiger partial charge in [-0.05, 0) is 59.4 Å². The van der Waals surface area contributed by atoms with Crippen molar-refractivity contribution in [2.24, 2.45) is 0 Å². The van der Waals surface area contributed by atoms with Crippen LogP contribution in [-0.4, -0.2) is 16.9 Å². The summed E-state index contributed by atoms with van der Waals surface area (Å²) in [4.78, 5) is 24.9. The van der Waals surface area contributed by atoms with E-state index in [2.05, 4.69) is 0 Å². The fourth-order valence-electron chi connectivity index (χ4n) is 3.58. The first-order chi connectivity index (χ1) is 14.9. The average molecular weight is 416 g/mol. The number of halogens is 1. The molecule has 3 aromatic carbocycles. The molecule has 0 aliphatic heterocycles. The summed E-state index contributed by atoms with van der Waals surface area (Å²) in [5, 5.41) is 9.51. The molecule has 0 bridgehead atoms. The van der Waals surface area contributed by atoms with Gasteiger partial charge < -0.3 is 5.11 Å². The number of hydrogen-bond donors (Lipinski definition) is 1. The Morgan fingerprint density at radius 1 is 0.968 bits per heavy atom. The molecule has 4 heteroatoms. The van der Waals surface area contributed by atoms with Gasteiger partial charge in [-0.1, -0.05) is 68.5 Å². The summed E-state index contributed by atoms with van der Waals surface area (Å²) in [5.74, 6) is -2.03. The third-order valence-corrected chi connectivity index (χ3v) is 5.26. The molecule has 3 rings (SSSR count). The first-order valence-electron chi connectivity index (χ1n) is 10.3. The zero-order valence-electron chi connectivity index (χ0n) is 17.6. The van der Waals surface area contributed by atoms with Crippen molar-refractivity contribution in [2.45, 2.75) is 32.1 Å². The number of allylic oxidation sites excluding steroid dienone is 1. The monoisotopic (exact) mass is 416 g/mol. The fraction of sp³-hybridized carbons (Fsp3) is 0.185. The van der Waals surface area contributed by atoms with Gasteiger partial charge in [-0.15, -0.1) is 0 Å². The van der Waals surface area contributed by atoms with Crippen molar-refractivity contribution < 1.29 is 19.1 Å². The Bertz CT molecular complexity index is 1080. The van der Waals surface area contributed by atoms with Crippen LogP contribution in [0.4, 0.5) is 4.39 Å². The third kappa shape index (κ3) is 5.54. The smallest absolute Gasteiger partial charge is 0.335 e. The van der Waals surface area contributed by atoms with E-state index in [0.717, 1.165) is 11.1 Å². The molecular weight excluding hydrogens is 391 g/mol. The minimum absolute atomic E-state index is 0.00696. The Kier molecular flexibility index (Phi) is 7.14. The lowest BCUT2D eigenvalue weighted by Crippen LogP contribution is -2.14. The highest BCUT2D eigenvalue weighted by Gasteiger charge is 2.23.